The van der Waals surface area contributed by atoms with Crippen LogP contribution >= 0.6 is 11.3 Å². The number of thiophene rings is 1. The molecule has 3 nitrogen and oxygen atoms in total. The minimum absolute atomic E-state index is 0.328. The van der Waals surface area contributed by atoms with Gasteiger partial charge < -0.3 is 11.1 Å². The number of aromatic nitrogens is 1. The predicted octanol–water partition coefficient (Wildman–Crippen LogP) is 3.68. The van der Waals surface area contributed by atoms with Gasteiger partial charge in [0, 0.05) is 22.8 Å². The highest BCUT2D eigenvalue weighted by Gasteiger charge is 2.11. The summed E-state index contributed by atoms with van der Waals surface area (Å²) in [4.78, 5) is 5.63. The molecule has 0 aliphatic carbocycles. The number of nitrogens with zero attached hydrogens (tertiary/aromatic N) is 1. The maximum atomic E-state index is 5.75. The quantitative estimate of drug-likeness (QED) is 0.847. The average molecular weight is 247 g/mol. The Balaban J connectivity index is 2.13. The van der Waals surface area contributed by atoms with E-state index in [1.54, 1.807) is 23.6 Å². The second-order valence-corrected chi connectivity index (χ2v) is 4.95. The monoisotopic (exact) mass is 247 g/mol. The fourth-order valence-corrected chi connectivity index (χ4v) is 2.58. The molecule has 0 radical (unpaired) electrons. The normalized spacial score (nSPS) is 12.3. The van der Waals surface area contributed by atoms with Crippen molar-refractivity contribution in [3.63, 3.8) is 0 Å². The molecule has 0 fully saturated rings. The molecule has 17 heavy (non-hydrogen) atoms. The summed E-state index contributed by atoms with van der Waals surface area (Å²) in [6.45, 7) is 2.19. The molecule has 1 unspecified atom stereocenters. The van der Waals surface area contributed by atoms with Gasteiger partial charge in [-0.3, -0.25) is 0 Å². The Hall–Kier alpha value is -1.55. The average Bonchev–Trinajstić information content (AvgIpc) is 2.82. The fourth-order valence-electron chi connectivity index (χ4n) is 1.77. The third-order valence-electron chi connectivity index (χ3n) is 2.57. The highest BCUT2D eigenvalue weighted by Crippen LogP contribution is 2.27. The highest BCUT2D eigenvalue weighted by atomic mass is 32.1. The Bertz CT molecular complexity index is 453. The van der Waals surface area contributed by atoms with E-state index in [0.29, 0.717) is 6.04 Å². The standard InChI is InChI=1S/C13H17N3S/c1-2-4-11(12-5-3-8-17-12)16-13-9-10(14)6-7-15-13/h3,5-9,11H,2,4H2,1H3,(H3,14,15,16). The lowest BCUT2D eigenvalue weighted by Gasteiger charge is -2.17. The van der Waals surface area contributed by atoms with Gasteiger partial charge in [-0.25, -0.2) is 4.98 Å². The maximum Gasteiger partial charge on any atom is 0.128 e. The molecule has 3 N–H and O–H groups in total. The molecule has 2 aromatic rings. The van der Waals surface area contributed by atoms with Crippen LogP contribution in [0.15, 0.2) is 35.8 Å². The summed E-state index contributed by atoms with van der Waals surface area (Å²) >= 11 is 1.77. The summed E-state index contributed by atoms with van der Waals surface area (Å²) in [6.07, 6.45) is 3.96. The molecule has 2 rings (SSSR count). The number of nitrogen functional groups attached to an aromatic ring is 1. The van der Waals surface area contributed by atoms with Gasteiger partial charge >= 0.3 is 0 Å². The van der Waals surface area contributed by atoms with Crippen LogP contribution in [-0.4, -0.2) is 4.98 Å². The van der Waals surface area contributed by atoms with Crippen molar-refractivity contribution in [3.05, 3.63) is 40.7 Å². The van der Waals surface area contributed by atoms with Crippen LogP contribution in [0.1, 0.15) is 30.7 Å². The predicted molar refractivity (Wildman–Crippen MR) is 74.2 cm³/mol. The zero-order valence-corrected chi connectivity index (χ0v) is 10.7. The van der Waals surface area contributed by atoms with E-state index in [0.717, 1.165) is 24.3 Å². The van der Waals surface area contributed by atoms with E-state index in [2.05, 4.69) is 34.7 Å². The summed E-state index contributed by atoms with van der Waals surface area (Å²) in [5.74, 6) is 0.844. The number of pyridine rings is 1. The van der Waals surface area contributed by atoms with Crippen LogP contribution in [0.25, 0.3) is 0 Å². The van der Waals surface area contributed by atoms with Gasteiger partial charge in [0.05, 0.1) is 6.04 Å². The van der Waals surface area contributed by atoms with Crippen molar-refractivity contribution in [2.24, 2.45) is 0 Å². The molecular formula is C13H17N3S. The molecule has 0 aliphatic rings. The molecule has 0 aromatic carbocycles. The lowest BCUT2D eigenvalue weighted by Crippen LogP contribution is -2.10. The Morgan fingerprint density at radius 2 is 2.35 bits per heavy atom. The maximum absolute atomic E-state index is 5.75. The van der Waals surface area contributed by atoms with Gasteiger partial charge in [0.2, 0.25) is 0 Å². The molecule has 2 heterocycles. The molecule has 0 bridgehead atoms. The third-order valence-corrected chi connectivity index (χ3v) is 3.56. The van der Waals surface area contributed by atoms with E-state index in [1.807, 2.05) is 6.07 Å². The minimum atomic E-state index is 0.328. The zero-order valence-electron chi connectivity index (χ0n) is 9.89. The van der Waals surface area contributed by atoms with Crippen molar-refractivity contribution in [2.45, 2.75) is 25.8 Å². The van der Waals surface area contributed by atoms with Crippen molar-refractivity contribution in [2.75, 3.05) is 11.1 Å². The summed E-state index contributed by atoms with van der Waals surface area (Å²) in [5, 5.41) is 5.55. The van der Waals surface area contributed by atoms with Gasteiger partial charge in [-0.15, -0.1) is 11.3 Å². The van der Waals surface area contributed by atoms with E-state index in [1.165, 1.54) is 4.88 Å². The van der Waals surface area contributed by atoms with Crippen LogP contribution in [0.2, 0.25) is 0 Å². The summed E-state index contributed by atoms with van der Waals surface area (Å²) < 4.78 is 0. The van der Waals surface area contributed by atoms with Crippen LogP contribution in [0.5, 0.6) is 0 Å². The Kier molecular flexibility index (Phi) is 3.98. The van der Waals surface area contributed by atoms with Crippen molar-refractivity contribution in [3.8, 4) is 0 Å². The van der Waals surface area contributed by atoms with E-state index in [4.69, 9.17) is 5.73 Å². The zero-order chi connectivity index (χ0) is 12.1. The van der Waals surface area contributed by atoms with Crippen LogP contribution in [0, 0.1) is 0 Å². The van der Waals surface area contributed by atoms with Crippen LogP contribution in [-0.2, 0) is 0 Å². The molecular weight excluding hydrogens is 230 g/mol. The molecule has 1 atom stereocenters. The lowest BCUT2D eigenvalue weighted by atomic mass is 10.1. The van der Waals surface area contributed by atoms with E-state index in [-0.39, 0.29) is 0 Å². The summed E-state index contributed by atoms with van der Waals surface area (Å²) in [5.41, 5.74) is 6.49. The first-order chi connectivity index (χ1) is 8.29. The second kappa shape index (κ2) is 5.68. The Morgan fingerprint density at radius 1 is 1.47 bits per heavy atom. The number of hydrogen-bond acceptors (Lipinski definition) is 4. The number of nitrogens with one attached hydrogen (secondary N) is 1. The third kappa shape index (κ3) is 3.20. The van der Waals surface area contributed by atoms with Crippen LogP contribution in [0.4, 0.5) is 11.5 Å². The van der Waals surface area contributed by atoms with Crippen molar-refractivity contribution in [1.29, 1.82) is 0 Å². The first-order valence-electron chi connectivity index (χ1n) is 5.81. The van der Waals surface area contributed by atoms with Crippen molar-refractivity contribution >= 4 is 22.8 Å². The topological polar surface area (TPSA) is 50.9 Å². The first kappa shape index (κ1) is 11.9. The van der Waals surface area contributed by atoms with Crippen LogP contribution in [0.3, 0.4) is 0 Å². The molecule has 0 amide bonds. The number of anilines is 2. The SMILES string of the molecule is CCCC(Nc1cc(N)ccn1)c1cccs1. The van der Waals surface area contributed by atoms with Gasteiger partial charge in [-0.05, 0) is 23.9 Å². The molecule has 0 saturated heterocycles. The second-order valence-electron chi connectivity index (χ2n) is 3.98. The Labute approximate surface area is 106 Å². The molecule has 0 aliphatic heterocycles. The van der Waals surface area contributed by atoms with E-state index in [9.17, 15) is 0 Å². The lowest BCUT2D eigenvalue weighted by molar-refractivity contribution is 0.685. The largest absolute Gasteiger partial charge is 0.399 e. The minimum Gasteiger partial charge on any atom is -0.399 e. The summed E-state index contributed by atoms with van der Waals surface area (Å²) in [6, 6.07) is 8.23. The smallest absolute Gasteiger partial charge is 0.128 e. The molecule has 90 valence electrons. The van der Waals surface area contributed by atoms with Crippen LogP contribution < -0.4 is 11.1 Å². The van der Waals surface area contributed by atoms with Gasteiger partial charge in [0.15, 0.2) is 0 Å². The van der Waals surface area contributed by atoms with Gasteiger partial charge in [-0.1, -0.05) is 19.4 Å². The number of rotatable bonds is 5. The van der Waals surface area contributed by atoms with Gasteiger partial charge in [0.25, 0.3) is 0 Å². The van der Waals surface area contributed by atoms with E-state index >= 15 is 0 Å². The fraction of sp³-hybridized carbons (Fsp3) is 0.308. The number of nitrogens with two attached hydrogens (primary N) is 1. The first-order valence-corrected chi connectivity index (χ1v) is 6.69. The van der Waals surface area contributed by atoms with Crippen molar-refractivity contribution < 1.29 is 0 Å². The highest BCUT2D eigenvalue weighted by molar-refractivity contribution is 7.10. The molecule has 2 aromatic heterocycles. The Morgan fingerprint density at radius 3 is 3.00 bits per heavy atom. The summed E-state index contributed by atoms with van der Waals surface area (Å²) in [7, 11) is 0. The molecule has 0 saturated carbocycles. The molecule has 4 heteroatoms. The van der Waals surface area contributed by atoms with E-state index < -0.39 is 0 Å². The number of hydrogen-bond donors (Lipinski definition) is 2. The van der Waals surface area contributed by atoms with Crippen molar-refractivity contribution in [1.82, 2.24) is 4.98 Å². The molecule has 0 spiro atoms. The van der Waals surface area contributed by atoms with Gasteiger partial charge in [-0.2, -0.15) is 0 Å². The van der Waals surface area contributed by atoms with Gasteiger partial charge in [0.1, 0.15) is 5.82 Å².